The van der Waals surface area contributed by atoms with Gasteiger partial charge in [0, 0.05) is 17.8 Å². The molecule has 0 aliphatic carbocycles. The molecule has 2 unspecified atom stereocenters. The fraction of sp³-hybridized carbons (Fsp3) is 0.367. The number of rotatable bonds is 12. The van der Waals surface area contributed by atoms with Crippen LogP contribution in [0.5, 0.6) is 5.75 Å². The zero-order valence-corrected chi connectivity index (χ0v) is 23.9. The largest absolute Gasteiger partial charge is 0.481 e. The monoisotopic (exact) mass is 605 g/mol. The summed E-state index contributed by atoms with van der Waals surface area (Å²) in [7, 11) is 0. The molecule has 230 valence electrons. The Kier molecular flexibility index (Phi) is 10.4. The second-order valence-electron chi connectivity index (χ2n) is 10.8. The Morgan fingerprint density at radius 1 is 1.05 bits per heavy atom. The van der Waals surface area contributed by atoms with Crippen molar-refractivity contribution in [1.29, 1.82) is 0 Å². The molecule has 13 heteroatoms. The number of carbonyl (C=O) groups is 3. The number of aromatic nitrogens is 2. The fourth-order valence-corrected chi connectivity index (χ4v) is 4.56. The molecule has 1 amide bonds. The van der Waals surface area contributed by atoms with Gasteiger partial charge in [0.2, 0.25) is 17.5 Å². The van der Waals surface area contributed by atoms with Crippen molar-refractivity contribution >= 4 is 17.7 Å². The Morgan fingerprint density at radius 2 is 1.67 bits per heavy atom. The van der Waals surface area contributed by atoms with Crippen molar-refractivity contribution in [3.63, 3.8) is 0 Å². The van der Waals surface area contributed by atoms with E-state index in [0.29, 0.717) is 0 Å². The lowest BCUT2D eigenvalue weighted by Gasteiger charge is -2.23. The van der Waals surface area contributed by atoms with Crippen LogP contribution in [0.1, 0.15) is 63.1 Å². The number of hydrogen-bond acceptors (Lipinski definition) is 6. The number of benzene rings is 2. The van der Waals surface area contributed by atoms with Gasteiger partial charge in [-0.3, -0.25) is 19.2 Å². The van der Waals surface area contributed by atoms with E-state index >= 15 is 0 Å². The third-order valence-corrected chi connectivity index (χ3v) is 6.70. The summed E-state index contributed by atoms with van der Waals surface area (Å²) in [6, 6.07) is 7.08. The zero-order chi connectivity index (χ0) is 32.1. The lowest BCUT2D eigenvalue weighted by molar-refractivity contribution is -0.140. The van der Waals surface area contributed by atoms with Gasteiger partial charge in [-0.25, -0.2) is 13.5 Å². The number of nitrogens with zero attached hydrogens (tertiary/aromatic N) is 2. The van der Waals surface area contributed by atoms with Gasteiger partial charge in [0.1, 0.15) is 12.6 Å². The Hall–Kier alpha value is -4.55. The van der Waals surface area contributed by atoms with Gasteiger partial charge in [0.15, 0.2) is 23.2 Å². The zero-order valence-electron chi connectivity index (χ0n) is 23.9. The van der Waals surface area contributed by atoms with Crippen LogP contribution in [-0.2, 0) is 26.3 Å². The van der Waals surface area contributed by atoms with Gasteiger partial charge in [0.25, 0.3) is 5.56 Å². The van der Waals surface area contributed by atoms with E-state index in [1.807, 2.05) is 45.0 Å². The van der Waals surface area contributed by atoms with Gasteiger partial charge in [-0.2, -0.15) is 13.9 Å². The standard InChI is InChI=1S/C30H31F4N3O6/c1-5-17(18-10-11-35-37(29(18)42)14-16-8-6-7-9-19(16)30(2,3)4)28(41)36-22(13-24(39)40)23(38)15-43-27-25(33)20(31)12-21(32)26(27)34/h6-12,17,22H,5,13-15H2,1-4H3,(H,36,41)(H,39,40). The van der Waals surface area contributed by atoms with Crippen LogP contribution >= 0.6 is 0 Å². The van der Waals surface area contributed by atoms with Gasteiger partial charge in [-0.05, 0) is 29.0 Å². The molecule has 1 aromatic heterocycles. The third-order valence-electron chi connectivity index (χ3n) is 6.70. The second-order valence-corrected chi connectivity index (χ2v) is 10.8. The van der Waals surface area contributed by atoms with E-state index in [1.165, 1.54) is 16.9 Å². The maximum absolute atomic E-state index is 13.9. The van der Waals surface area contributed by atoms with Gasteiger partial charge in [-0.1, -0.05) is 52.0 Å². The van der Waals surface area contributed by atoms with E-state index in [2.05, 4.69) is 15.2 Å². The van der Waals surface area contributed by atoms with Crippen LogP contribution in [0.3, 0.4) is 0 Å². The number of carboxylic acids is 1. The minimum Gasteiger partial charge on any atom is -0.481 e. The number of amides is 1. The van der Waals surface area contributed by atoms with E-state index in [1.54, 1.807) is 6.92 Å². The molecule has 2 atom stereocenters. The average Bonchev–Trinajstić information content (AvgIpc) is 2.93. The Morgan fingerprint density at radius 3 is 2.26 bits per heavy atom. The van der Waals surface area contributed by atoms with Crippen molar-refractivity contribution in [2.45, 2.75) is 64.5 Å². The molecule has 2 N–H and O–H groups in total. The van der Waals surface area contributed by atoms with Crippen molar-refractivity contribution in [3.8, 4) is 5.75 Å². The van der Waals surface area contributed by atoms with Gasteiger partial charge in [0.05, 0.1) is 18.9 Å². The van der Waals surface area contributed by atoms with Gasteiger partial charge >= 0.3 is 5.97 Å². The summed E-state index contributed by atoms with van der Waals surface area (Å²) in [6.07, 6.45) is 0.478. The van der Waals surface area contributed by atoms with Crippen LogP contribution in [0.4, 0.5) is 17.6 Å². The lowest BCUT2D eigenvalue weighted by Crippen LogP contribution is -2.46. The molecule has 0 fully saturated rings. The highest BCUT2D eigenvalue weighted by Crippen LogP contribution is 2.27. The van der Waals surface area contributed by atoms with Crippen molar-refractivity contribution in [2.24, 2.45) is 0 Å². The van der Waals surface area contributed by atoms with E-state index in [-0.39, 0.29) is 30.0 Å². The Bertz CT molecular complexity index is 1560. The molecule has 3 aromatic rings. The fourth-order valence-electron chi connectivity index (χ4n) is 4.56. The van der Waals surface area contributed by atoms with E-state index in [4.69, 9.17) is 0 Å². The van der Waals surface area contributed by atoms with Crippen molar-refractivity contribution < 1.29 is 41.8 Å². The molecule has 0 aliphatic rings. The molecule has 0 spiro atoms. The van der Waals surface area contributed by atoms with Crippen LogP contribution in [0.15, 0.2) is 47.4 Å². The predicted octanol–water partition coefficient (Wildman–Crippen LogP) is 4.25. The van der Waals surface area contributed by atoms with Crippen molar-refractivity contribution in [3.05, 3.63) is 92.9 Å². The number of aliphatic carboxylic acids is 1. The number of hydrogen-bond donors (Lipinski definition) is 2. The maximum Gasteiger partial charge on any atom is 0.305 e. The van der Waals surface area contributed by atoms with Crippen molar-refractivity contribution in [1.82, 2.24) is 15.1 Å². The summed E-state index contributed by atoms with van der Waals surface area (Å²) < 4.78 is 60.6. The third kappa shape index (κ3) is 7.85. The molecule has 0 bridgehead atoms. The minimum absolute atomic E-state index is 0.0420. The molecular weight excluding hydrogens is 574 g/mol. The molecule has 0 saturated carbocycles. The molecule has 0 aliphatic heterocycles. The topological polar surface area (TPSA) is 128 Å². The van der Waals surface area contributed by atoms with Crippen LogP contribution in [0.2, 0.25) is 0 Å². The molecule has 9 nitrogen and oxygen atoms in total. The van der Waals surface area contributed by atoms with E-state index in [0.717, 1.165) is 11.1 Å². The number of carbonyl (C=O) groups excluding carboxylic acids is 2. The molecule has 0 saturated heterocycles. The number of nitrogens with one attached hydrogen (secondary N) is 1. The molecule has 43 heavy (non-hydrogen) atoms. The molecular formula is C30H31F4N3O6. The average molecular weight is 606 g/mol. The highest BCUT2D eigenvalue weighted by atomic mass is 19.2. The lowest BCUT2D eigenvalue weighted by atomic mass is 9.84. The highest BCUT2D eigenvalue weighted by Gasteiger charge is 2.30. The van der Waals surface area contributed by atoms with Crippen LogP contribution < -0.4 is 15.6 Å². The minimum atomic E-state index is -1.89. The summed E-state index contributed by atoms with van der Waals surface area (Å²) in [6.45, 7) is 6.58. The first kappa shape index (κ1) is 33.0. The normalized spacial score (nSPS) is 12.8. The first-order valence-corrected chi connectivity index (χ1v) is 13.3. The smallest absolute Gasteiger partial charge is 0.305 e. The molecule has 3 rings (SSSR count). The molecule has 0 radical (unpaired) electrons. The van der Waals surface area contributed by atoms with Crippen LogP contribution in [0.25, 0.3) is 0 Å². The first-order valence-electron chi connectivity index (χ1n) is 13.3. The second kappa shape index (κ2) is 13.6. The Labute approximate surface area is 244 Å². The molecule has 1 heterocycles. The van der Waals surface area contributed by atoms with Crippen LogP contribution in [-0.4, -0.2) is 45.2 Å². The van der Waals surface area contributed by atoms with E-state index in [9.17, 15) is 41.8 Å². The quantitative estimate of drug-likeness (QED) is 0.234. The number of Topliss-reactive ketones (excluding diaryl/α,β-unsaturated/α-hetero) is 1. The number of ketones is 1. The summed E-state index contributed by atoms with van der Waals surface area (Å²) >= 11 is 0. The van der Waals surface area contributed by atoms with Gasteiger partial charge in [-0.15, -0.1) is 0 Å². The molecule has 2 aromatic carbocycles. The number of ether oxygens (including phenoxy) is 1. The van der Waals surface area contributed by atoms with Crippen molar-refractivity contribution in [2.75, 3.05) is 6.61 Å². The maximum atomic E-state index is 13.9. The summed E-state index contributed by atoms with van der Waals surface area (Å²) in [5.41, 5.74) is 1.09. The highest BCUT2D eigenvalue weighted by molar-refractivity contribution is 5.94. The summed E-state index contributed by atoms with van der Waals surface area (Å²) in [5.74, 6) is -13.5. The predicted molar refractivity (Wildman–Crippen MR) is 147 cm³/mol. The van der Waals surface area contributed by atoms with Gasteiger partial charge < -0.3 is 15.2 Å². The SMILES string of the molecule is CCC(C(=O)NC(CC(=O)O)C(=O)COc1c(F)c(F)cc(F)c1F)c1ccnn(Cc2ccccc2C(C)(C)C)c1=O. The first-order chi connectivity index (χ1) is 20.1. The number of carboxylic acid groups (broad SMARTS) is 1. The van der Waals surface area contributed by atoms with E-state index < -0.39 is 77.2 Å². The summed E-state index contributed by atoms with van der Waals surface area (Å²) in [4.78, 5) is 50.9. The Balaban J connectivity index is 1.84. The number of halogens is 4. The summed E-state index contributed by atoms with van der Waals surface area (Å²) in [5, 5.41) is 15.7. The van der Waals surface area contributed by atoms with Crippen LogP contribution in [0, 0.1) is 23.3 Å².